The molecule has 0 amide bonds. The summed E-state index contributed by atoms with van der Waals surface area (Å²) in [6.07, 6.45) is 8.68. The van der Waals surface area contributed by atoms with Crippen LogP contribution in [-0.2, 0) is 10.0 Å². The van der Waals surface area contributed by atoms with Gasteiger partial charge >= 0.3 is 0 Å². The number of anilines is 1. The number of nitrogens with zero attached hydrogens (tertiary/aromatic N) is 3. The zero-order chi connectivity index (χ0) is 41.8. The minimum absolute atomic E-state index is 0.109. The van der Waals surface area contributed by atoms with Crippen molar-refractivity contribution in [3.05, 3.63) is 100 Å². The van der Waals surface area contributed by atoms with E-state index in [1.54, 1.807) is 53.2 Å². The number of H-pyrrole nitrogens is 1. The zero-order valence-electron chi connectivity index (χ0n) is 33.9. The van der Waals surface area contributed by atoms with Crippen molar-refractivity contribution in [2.45, 2.75) is 93.7 Å². The Balaban J connectivity index is 1.11. The highest BCUT2D eigenvalue weighted by atomic mass is 35.5. The predicted octanol–water partition coefficient (Wildman–Crippen LogP) is 12.0. The van der Waals surface area contributed by atoms with E-state index in [1.165, 1.54) is 31.0 Å². The summed E-state index contributed by atoms with van der Waals surface area (Å²) >= 11 is 14.0. The second kappa shape index (κ2) is 21.1. The van der Waals surface area contributed by atoms with E-state index in [9.17, 15) is 8.42 Å². The molecular weight excluding hydrogens is 830 g/mol. The molecule has 4 aromatic carbocycles. The molecule has 2 aromatic heterocycles. The number of aryl methyl sites for hydroxylation is 2. The smallest absolute Gasteiger partial charge is 0.265 e. The van der Waals surface area contributed by atoms with E-state index in [-0.39, 0.29) is 18.1 Å². The number of halogens is 2. The molecule has 0 fully saturated rings. The van der Waals surface area contributed by atoms with Crippen molar-refractivity contribution in [1.29, 1.82) is 0 Å². The van der Waals surface area contributed by atoms with Crippen LogP contribution in [0, 0.1) is 13.8 Å². The zero-order valence-corrected chi connectivity index (χ0v) is 37.0. The van der Waals surface area contributed by atoms with Gasteiger partial charge in [-0.05, 0) is 105 Å². The lowest BCUT2D eigenvalue weighted by Crippen LogP contribution is -2.15. The molecule has 0 spiro atoms. The average Bonchev–Trinajstić information content (AvgIpc) is 3.77. The highest BCUT2D eigenvalue weighted by Crippen LogP contribution is 2.42. The minimum atomic E-state index is -3.93. The number of rotatable bonds is 23. The molecule has 2 N–H and O–H groups in total. The molecule has 0 bridgehead atoms. The Morgan fingerprint density at radius 3 is 2.15 bits per heavy atom. The molecule has 11 nitrogen and oxygen atoms in total. The quantitative estimate of drug-likeness (QED) is 0.0604. The topological polar surface area (TPSA) is 129 Å². The second-order valence-electron chi connectivity index (χ2n) is 14.2. The van der Waals surface area contributed by atoms with Crippen LogP contribution in [0.4, 0.5) is 5.69 Å². The Morgan fingerprint density at radius 2 is 1.39 bits per heavy atom. The van der Waals surface area contributed by atoms with E-state index in [2.05, 4.69) is 29.7 Å². The van der Waals surface area contributed by atoms with E-state index >= 15 is 0 Å². The van der Waals surface area contributed by atoms with Crippen molar-refractivity contribution in [2.24, 2.45) is 0 Å². The first-order chi connectivity index (χ1) is 28.5. The number of nitrogens with one attached hydrogen (secondary N) is 2. The summed E-state index contributed by atoms with van der Waals surface area (Å²) in [7, 11) is -3.93. The molecule has 2 heterocycles. The number of aromatic nitrogens is 4. The highest BCUT2D eigenvalue weighted by molar-refractivity contribution is 7.99. The summed E-state index contributed by atoms with van der Waals surface area (Å²) in [6, 6.07) is 23.3. The fourth-order valence-corrected chi connectivity index (χ4v) is 8.82. The first kappa shape index (κ1) is 44.0. The van der Waals surface area contributed by atoms with Gasteiger partial charge in [-0.25, -0.2) is 13.4 Å². The van der Waals surface area contributed by atoms with Crippen molar-refractivity contribution in [1.82, 2.24) is 19.8 Å². The van der Waals surface area contributed by atoms with Crippen LogP contribution in [0.15, 0.2) is 93.5 Å². The number of aromatic amines is 1. The fourth-order valence-electron chi connectivity index (χ4n) is 6.13. The minimum Gasteiger partial charge on any atom is -0.492 e. The second-order valence-corrected chi connectivity index (χ2v) is 17.7. The largest absolute Gasteiger partial charge is 0.492 e. The van der Waals surface area contributed by atoms with Crippen LogP contribution in [0.1, 0.15) is 76.3 Å². The third kappa shape index (κ3) is 12.0. The third-order valence-electron chi connectivity index (χ3n) is 9.32. The van der Waals surface area contributed by atoms with Gasteiger partial charge in [0.1, 0.15) is 40.3 Å². The van der Waals surface area contributed by atoms with Crippen LogP contribution in [0.25, 0.3) is 17.0 Å². The van der Waals surface area contributed by atoms with Crippen LogP contribution in [0.5, 0.6) is 23.1 Å². The lowest BCUT2D eigenvalue weighted by atomic mass is 10.1. The fraction of sp³-hybridized carbons (Fsp3) is 0.364. The first-order valence-corrected chi connectivity index (χ1v) is 23.1. The number of benzene rings is 4. The molecule has 0 saturated carbocycles. The summed E-state index contributed by atoms with van der Waals surface area (Å²) < 4.78 is 55.7. The Hall–Kier alpha value is -4.56. The molecule has 59 heavy (non-hydrogen) atoms. The molecule has 0 saturated heterocycles. The lowest BCUT2D eigenvalue weighted by Gasteiger charge is -2.15. The molecule has 6 rings (SSSR count). The Bertz CT molecular complexity index is 2420. The van der Waals surface area contributed by atoms with Crippen LogP contribution in [-0.4, -0.2) is 54.7 Å². The van der Waals surface area contributed by atoms with Gasteiger partial charge < -0.3 is 18.9 Å². The summed E-state index contributed by atoms with van der Waals surface area (Å²) in [5.74, 6) is 2.59. The van der Waals surface area contributed by atoms with Crippen molar-refractivity contribution in [2.75, 3.05) is 31.1 Å². The number of sulfonamides is 1. The molecule has 15 heteroatoms. The normalized spacial score (nSPS) is 11.6. The molecular formula is C44H51Cl2N5O6S2. The van der Waals surface area contributed by atoms with E-state index < -0.39 is 10.0 Å². The van der Waals surface area contributed by atoms with Gasteiger partial charge in [-0.1, -0.05) is 99.5 Å². The van der Waals surface area contributed by atoms with Crippen LogP contribution in [0.2, 0.25) is 10.0 Å². The van der Waals surface area contributed by atoms with Crippen LogP contribution in [0.3, 0.4) is 0 Å². The summed E-state index contributed by atoms with van der Waals surface area (Å²) in [4.78, 5) is 6.59. The van der Waals surface area contributed by atoms with Gasteiger partial charge in [0.15, 0.2) is 11.5 Å². The van der Waals surface area contributed by atoms with Crippen LogP contribution < -0.4 is 23.7 Å². The van der Waals surface area contributed by atoms with Gasteiger partial charge in [0.05, 0.1) is 28.2 Å². The molecule has 6 aromatic rings. The van der Waals surface area contributed by atoms with Gasteiger partial charge in [-0.3, -0.25) is 9.82 Å². The molecule has 314 valence electrons. The molecule has 0 aliphatic heterocycles. The van der Waals surface area contributed by atoms with Crippen molar-refractivity contribution >= 4 is 56.3 Å². The Kier molecular flexibility index (Phi) is 15.7. The number of hydrogen-bond donors (Lipinski definition) is 2. The van der Waals surface area contributed by atoms with Crippen molar-refractivity contribution in [3.8, 4) is 34.5 Å². The maximum Gasteiger partial charge on any atom is 0.265 e. The standard InChI is InChI=1S/C44H51Cl2N5O6S2/c1-5-7-9-10-11-12-24-56-38-22-14-31(4)28-40(38)59(52,53)50-33-16-18-34(19-17-33)54-25-26-57-44-41(58-39-27-30(3)13-21-37(39)55-23-8-6-2)43-47-42(48-51(43)49-44)32-15-20-35(45)36(46)29-32/h13-22,27-29,50H,5-12,23-26H2,1-4H3,(H,47,48). The molecule has 0 aliphatic carbocycles. The molecule has 0 aliphatic rings. The van der Waals surface area contributed by atoms with E-state index in [0.717, 1.165) is 59.4 Å². The van der Waals surface area contributed by atoms with Crippen molar-refractivity contribution in [3.63, 3.8) is 0 Å². The first-order valence-electron chi connectivity index (χ1n) is 20.0. The van der Waals surface area contributed by atoms with Gasteiger partial charge in [0, 0.05) is 11.3 Å². The van der Waals surface area contributed by atoms with Gasteiger partial charge in [0.25, 0.3) is 15.9 Å². The molecule has 0 unspecified atom stereocenters. The molecule has 0 atom stereocenters. The van der Waals surface area contributed by atoms with Crippen molar-refractivity contribution < 1.29 is 27.4 Å². The SMILES string of the molecule is CCCCCCCCOc1ccc(C)cc1S(=O)(=O)Nc1ccc(OCCOc2nn3[nH]c(-c4ccc(Cl)c(Cl)c4)nc3c2Sc2cc(C)ccc2OCCCC)cc1. The number of unbranched alkanes of at least 4 members (excludes halogenated alkanes) is 6. The molecule has 0 radical (unpaired) electrons. The maximum atomic E-state index is 13.5. The summed E-state index contributed by atoms with van der Waals surface area (Å²) in [5.41, 5.74) is 3.62. The Labute approximate surface area is 361 Å². The van der Waals surface area contributed by atoms with E-state index in [4.69, 9.17) is 52.2 Å². The van der Waals surface area contributed by atoms with E-state index in [1.807, 2.05) is 38.1 Å². The van der Waals surface area contributed by atoms with E-state index in [0.29, 0.717) is 62.7 Å². The average molecular weight is 881 g/mol. The number of fused-ring (bicyclic) bond motifs is 1. The third-order valence-corrected chi connectivity index (χ3v) is 12.6. The van der Waals surface area contributed by atoms with Gasteiger partial charge in [-0.2, -0.15) is 0 Å². The van der Waals surface area contributed by atoms with Gasteiger partial charge in [-0.15, -0.1) is 9.73 Å². The number of hydrogen-bond acceptors (Lipinski definition) is 9. The lowest BCUT2D eigenvalue weighted by molar-refractivity contribution is 0.208. The predicted molar refractivity (Wildman–Crippen MR) is 237 cm³/mol. The summed E-state index contributed by atoms with van der Waals surface area (Å²) in [5, 5.41) is 8.81. The highest BCUT2D eigenvalue weighted by Gasteiger charge is 2.23. The maximum absolute atomic E-state index is 13.5. The number of ether oxygens (including phenoxy) is 4. The van der Waals surface area contributed by atoms with Gasteiger partial charge in [0.2, 0.25) is 0 Å². The monoisotopic (exact) mass is 879 g/mol. The summed E-state index contributed by atoms with van der Waals surface area (Å²) in [6.45, 7) is 9.65. The Morgan fingerprint density at radius 1 is 0.712 bits per heavy atom. The van der Waals surface area contributed by atoms with Crippen LogP contribution >= 0.6 is 35.0 Å².